The van der Waals surface area contributed by atoms with Crippen molar-refractivity contribution in [2.75, 3.05) is 12.3 Å². The van der Waals surface area contributed by atoms with Crippen LogP contribution in [-0.2, 0) is 11.3 Å². The summed E-state index contributed by atoms with van der Waals surface area (Å²) in [6, 6.07) is -0.235. The fraction of sp³-hybridized carbons (Fsp3) is 0.643. The van der Waals surface area contributed by atoms with Crippen LogP contribution in [0.1, 0.15) is 32.6 Å². The SMILES string of the molecule is CCn1ccnc1SCCN1C(=O)NC2(CCCC2)C1=O. The Kier molecular flexibility index (Phi) is 3.93. The molecule has 0 atom stereocenters. The molecule has 3 rings (SSSR count). The van der Waals surface area contributed by atoms with Gasteiger partial charge >= 0.3 is 6.03 Å². The molecule has 1 aliphatic heterocycles. The molecule has 1 saturated carbocycles. The van der Waals surface area contributed by atoms with E-state index in [4.69, 9.17) is 0 Å². The third-order valence-corrected chi connectivity index (χ3v) is 5.25. The van der Waals surface area contributed by atoms with Crippen LogP contribution in [0.25, 0.3) is 0 Å². The third-order valence-electron chi connectivity index (χ3n) is 4.27. The van der Waals surface area contributed by atoms with Crippen molar-refractivity contribution in [3.8, 4) is 0 Å². The number of imidazole rings is 1. The Morgan fingerprint density at radius 1 is 1.38 bits per heavy atom. The highest BCUT2D eigenvalue weighted by molar-refractivity contribution is 7.99. The molecule has 3 amide bonds. The third kappa shape index (κ3) is 2.54. The van der Waals surface area contributed by atoms with E-state index < -0.39 is 5.54 Å². The zero-order chi connectivity index (χ0) is 14.9. The van der Waals surface area contributed by atoms with Gasteiger partial charge in [-0.15, -0.1) is 0 Å². The molecule has 1 spiro atoms. The molecule has 1 aromatic heterocycles. The Hall–Kier alpha value is -1.50. The summed E-state index contributed by atoms with van der Waals surface area (Å²) in [5.74, 6) is 0.635. The van der Waals surface area contributed by atoms with Crippen LogP contribution in [0.15, 0.2) is 17.6 Å². The first-order valence-electron chi connectivity index (χ1n) is 7.44. The summed E-state index contributed by atoms with van der Waals surface area (Å²) in [7, 11) is 0. The molecule has 114 valence electrons. The van der Waals surface area contributed by atoms with Crippen LogP contribution in [-0.4, -0.2) is 44.2 Å². The predicted molar refractivity (Wildman–Crippen MR) is 80.1 cm³/mol. The average molecular weight is 308 g/mol. The van der Waals surface area contributed by atoms with E-state index in [1.807, 2.05) is 6.20 Å². The van der Waals surface area contributed by atoms with Crippen molar-refractivity contribution in [3.05, 3.63) is 12.4 Å². The Balaban J connectivity index is 1.58. The van der Waals surface area contributed by atoms with Gasteiger partial charge in [0.05, 0.1) is 0 Å². The number of aryl methyl sites for hydroxylation is 1. The molecule has 0 aromatic carbocycles. The van der Waals surface area contributed by atoms with E-state index in [0.717, 1.165) is 37.4 Å². The van der Waals surface area contributed by atoms with E-state index in [0.29, 0.717) is 12.3 Å². The number of rotatable bonds is 5. The smallest absolute Gasteiger partial charge is 0.325 e. The molecular weight excluding hydrogens is 288 g/mol. The number of aromatic nitrogens is 2. The highest BCUT2D eigenvalue weighted by atomic mass is 32.2. The maximum Gasteiger partial charge on any atom is 0.325 e. The number of imide groups is 1. The summed E-state index contributed by atoms with van der Waals surface area (Å²) >= 11 is 1.58. The second-order valence-electron chi connectivity index (χ2n) is 5.52. The van der Waals surface area contributed by atoms with E-state index in [1.54, 1.807) is 18.0 Å². The van der Waals surface area contributed by atoms with Crippen molar-refractivity contribution in [1.29, 1.82) is 0 Å². The molecule has 0 radical (unpaired) electrons. The van der Waals surface area contributed by atoms with Crippen LogP contribution in [0, 0.1) is 0 Å². The summed E-state index contributed by atoms with van der Waals surface area (Å²) < 4.78 is 2.05. The molecule has 1 aliphatic carbocycles. The van der Waals surface area contributed by atoms with Gasteiger partial charge in [-0.2, -0.15) is 0 Å². The standard InChI is InChI=1S/C14H20N4O2S/c1-2-17-8-7-15-13(17)21-10-9-18-11(19)14(16-12(18)20)5-3-4-6-14/h7-8H,2-6,9-10H2,1H3,(H,16,20). The minimum atomic E-state index is -0.594. The van der Waals surface area contributed by atoms with Gasteiger partial charge in [0.15, 0.2) is 5.16 Å². The molecule has 1 aromatic rings. The number of nitrogens with one attached hydrogen (secondary N) is 1. The Bertz CT molecular complexity index is 551. The van der Waals surface area contributed by atoms with Crippen LogP contribution in [0.2, 0.25) is 0 Å². The highest BCUT2D eigenvalue weighted by Gasteiger charge is 2.52. The fourth-order valence-electron chi connectivity index (χ4n) is 3.10. The van der Waals surface area contributed by atoms with Crippen LogP contribution in [0.3, 0.4) is 0 Å². The van der Waals surface area contributed by atoms with Crippen LogP contribution in [0.5, 0.6) is 0 Å². The van der Waals surface area contributed by atoms with Gasteiger partial charge in [-0.1, -0.05) is 24.6 Å². The molecule has 2 aliphatic rings. The molecule has 1 saturated heterocycles. The number of urea groups is 1. The lowest BCUT2D eigenvalue weighted by molar-refractivity contribution is -0.130. The molecule has 2 fully saturated rings. The van der Waals surface area contributed by atoms with Crippen molar-refractivity contribution in [1.82, 2.24) is 19.8 Å². The summed E-state index contributed by atoms with van der Waals surface area (Å²) in [5.41, 5.74) is -0.594. The second kappa shape index (κ2) is 5.71. The van der Waals surface area contributed by atoms with E-state index in [2.05, 4.69) is 21.8 Å². The first-order chi connectivity index (χ1) is 10.2. The zero-order valence-corrected chi connectivity index (χ0v) is 13.0. The largest absolute Gasteiger partial charge is 0.326 e. The monoisotopic (exact) mass is 308 g/mol. The summed E-state index contributed by atoms with van der Waals surface area (Å²) in [6.07, 6.45) is 7.30. The number of hydrogen-bond acceptors (Lipinski definition) is 4. The lowest BCUT2D eigenvalue weighted by atomic mass is 9.98. The lowest BCUT2D eigenvalue weighted by Gasteiger charge is -2.19. The number of thioether (sulfide) groups is 1. The predicted octanol–water partition coefficient (Wildman–Crippen LogP) is 1.86. The molecule has 1 N–H and O–H groups in total. The van der Waals surface area contributed by atoms with E-state index in [-0.39, 0.29) is 11.9 Å². The molecule has 2 heterocycles. The number of nitrogens with zero attached hydrogens (tertiary/aromatic N) is 3. The minimum absolute atomic E-state index is 0.0376. The van der Waals surface area contributed by atoms with E-state index in [1.165, 1.54) is 4.90 Å². The highest BCUT2D eigenvalue weighted by Crippen LogP contribution is 2.35. The molecule has 21 heavy (non-hydrogen) atoms. The topological polar surface area (TPSA) is 67.2 Å². The molecule has 7 heteroatoms. The molecule has 6 nitrogen and oxygen atoms in total. The quantitative estimate of drug-likeness (QED) is 0.666. The fourth-order valence-corrected chi connectivity index (χ4v) is 4.05. The molecule has 0 unspecified atom stereocenters. The number of carbonyl (C=O) groups is 2. The van der Waals surface area contributed by atoms with Crippen molar-refractivity contribution in [2.45, 2.75) is 49.8 Å². The van der Waals surface area contributed by atoms with Gasteiger partial charge < -0.3 is 9.88 Å². The van der Waals surface area contributed by atoms with Crippen LogP contribution < -0.4 is 5.32 Å². The normalized spacial score (nSPS) is 20.5. The zero-order valence-electron chi connectivity index (χ0n) is 12.2. The van der Waals surface area contributed by atoms with Crippen LogP contribution in [0.4, 0.5) is 4.79 Å². The van der Waals surface area contributed by atoms with Gasteiger partial charge in [-0.3, -0.25) is 9.69 Å². The number of amides is 3. The average Bonchev–Trinajstić information content (AvgIpc) is 3.16. The van der Waals surface area contributed by atoms with Gasteiger partial charge in [0, 0.05) is 31.2 Å². The maximum absolute atomic E-state index is 12.5. The minimum Gasteiger partial charge on any atom is -0.326 e. The summed E-state index contributed by atoms with van der Waals surface area (Å²) in [4.78, 5) is 30.1. The maximum atomic E-state index is 12.5. The van der Waals surface area contributed by atoms with Gasteiger partial charge in [-0.25, -0.2) is 9.78 Å². The Morgan fingerprint density at radius 3 is 2.86 bits per heavy atom. The molecule has 0 bridgehead atoms. The summed E-state index contributed by atoms with van der Waals surface area (Å²) in [6.45, 7) is 3.37. The van der Waals surface area contributed by atoms with E-state index >= 15 is 0 Å². The first-order valence-corrected chi connectivity index (χ1v) is 8.43. The molecular formula is C14H20N4O2S. The second-order valence-corrected chi connectivity index (χ2v) is 6.58. The Labute approximate surface area is 128 Å². The van der Waals surface area contributed by atoms with Crippen molar-refractivity contribution in [2.24, 2.45) is 0 Å². The van der Waals surface area contributed by atoms with Crippen molar-refractivity contribution >= 4 is 23.7 Å². The Morgan fingerprint density at radius 2 is 2.14 bits per heavy atom. The number of carbonyl (C=O) groups excluding carboxylic acids is 2. The summed E-state index contributed by atoms with van der Waals surface area (Å²) in [5, 5.41) is 3.83. The van der Waals surface area contributed by atoms with Gasteiger partial charge in [0.2, 0.25) is 0 Å². The van der Waals surface area contributed by atoms with Gasteiger partial charge in [0.1, 0.15) is 5.54 Å². The van der Waals surface area contributed by atoms with Crippen molar-refractivity contribution < 1.29 is 9.59 Å². The van der Waals surface area contributed by atoms with Gasteiger partial charge in [0.25, 0.3) is 5.91 Å². The first kappa shape index (κ1) is 14.4. The van der Waals surface area contributed by atoms with Crippen molar-refractivity contribution in [3.63, 3.8) is 0 Å². The lowest BCUT2D eigenvalue weighted by Crippen LogP contribution is -2.44. The number of hydrogen-bond donors (Lipinski definition) is 1. The van der Waals surface area contributed by atoms with Gasteiger partial charge in [-0.05, 0) is 19.8 Å². The van der Waals surface area contributed by atoms with Crippen LogP contribution >= 0.6 is 11.8 Å². The van der Waals surface area contributed by atoms with E-state index in [9.17, 15) is 9.59 Å².